The van der Waals surface area contributed by atoms with E-state index in [1.165, 1.54) is 18.2 Å². The summed E-state index contributed by atoms with van der Waals surface area (Å²) in [4.78, 5) is 0. The van der Waals surface area contributed by atoms with Gasteiger partial charge >= 0.3 is 6.18 Å². The topological polar surface area (TPSA) is 26.0 Å². The molecular formula is C9H8Cl2F3N. The summed E-state index contributed by atoms with van der Waals surface area (Å²) >= 11 is 11.3. The van der Waals surface area contributed by atoms with Gasteiger partial charge in [-0.15, -0.1) is 0 Å². The van der Waals surface area contributed by atoms with Crippen LogP contribution in [0.1, 0.15) is 5.56 Å². The van der Waals surface area contributed by atoms with E-state index >= 15 is 0 Å². The molecule has 0 aliphatic rings. The van der Waals surface area contributed by atoms with Crippen LogP contribution in [0.2, 0.25) is 10.0 Å². The summed E-state index contributed by atoms with van der Waals surface area (Å²) in [6.45, 7) is 0. The van der Waals surface area contributed by atoms with Crippen LogP contribution < -0.4 is 5.73 Å². The molecule has 1 unspecified atom stereocenters. The first-order valence-electron chi connectivity index (χ1n) is 4.06. The van der Waals surface area contributed by atoms with Crippen molar-refractivity contribution in [2.24, 2.45) is 5.73 Å². The van der Waals surface area contributed by atoms with Gasteiger partial charge in [0.15, 0.2) is 0 Å². The lowest BCUT2D eigenvalue weighted by Crippen LogP contribution is -2.39. The van der Waals surface area contributed by atoms with Crippen molar-refractivity contribution in [2.75, 3.05) is 0 Å². The molecule has 0 aromatic heterocycles. The van der Waals surface area contributed by atoms with Gasteiger partial charge in [-0.1, -0.05) is 23.2 Å². The molecule has 1 nitrogen and oxygen atoms in total. The number of alkyl halides is 3. The monoisotopic (exact) mass is 257 g/mol. The Balaban J connectivity index is 2.81. The largest absolute Gasteiger partial charge is 0.403 e. The summed E-state index contributed by atoms with van der Waals surface area (Å²) in [5, 5.41) is 0.596. The minimum Gasteiger partial charge on any atom is -0.320 e. The van der Waals surface area contributed by atoms with Gasteiger partial charge in [-0.05, 0) is 30.2 Å². The van der Waals surface area contributed by atoms with Crippen LogP contribution in [0.5, 0.6) is 0 Å². The number of hydrogen-bond acceptors (Lipinski definition) is 1. The van der Waals surface area contributed by atoms with Crippen molar-refractivity contribution < 1.29 is 13.2 Å². The number of benzene rings is 1. The van der Waals surface area contributed by atoms with Crippen LogP contribution in [-0.2, 0) is 6.42 Å². The lowest BCUT2D eigenvalue weighted by molar-refractivity contribution is -0.147. The van der Waals surface area contributed by atoms with Crippen molar-refractivity contribution in [1.82, 2.24) is 0 Å². The molecule has 0 amide bonds. The van der Waals surface area contributed by atoms with Gasteiger partial charge in [-0.3, -0.25) is 0 Å². The first-order valence-corrected chi connectivity index (χ1v) is 4.82. The van der Waals surface area contributed by atoms with E-state index < -0.39 is 12.2 Å². The average Bonchev–Trinajstić information content (AvgIpc) is 1.99. The molecule has 0 spiro atoms. The van der Waals surface area contributed by atoms with E-state index in [1.54, 1.807) is 0 Å². The highest BCUT2D eigenvalue weighted by molar-refractivity contribution is 6.34. The highest BCUT2D eigenvalue weighted by Gasteiger charge is 2.36. The van der Waals surface area contributed by atoms with E-state index in [1.807, 2.05) is 0 Å². The molecule has 84 valence electrons. The zero-order chi connectivity index (χ0) is 11.6. The van der Waals surface area contributed by atoms with Crippen LogP contribution in [0.25, 0.3) is 0 Å². The van der Waals surface area contributed by atoms with E-state index in [2.05, 4.69) is 0 Å². The molecule has 15 heavy (non-hydrogen) atoms. The Morgan fingerprint density at radius 3 is 2.00 bits per heavy atom. The van der Waals surface area contributed by atoms with Crippen LogP contribution in [0, 0.1) is 0 Å². The van der Waals surface area contributed by atoms with E-state index in [0.717, 1.165) is 0 Å². The van der Waals surface area contributed by atoms with Gasteiger partial charge in [0.25, 0.3) is 0 Å². The van der Waals surface area contributed by atoms with Gasteiger partial charge in [0, 0.05) is 10.0 Å². The minimum atomic E-state index is -4.41. The smallest absolute Gasteiger partial charge is 0.320 e. The van der Waals surface area contributed by atoms with Gasteiger partial charge in [-0.2, -0.15) is 13.2 Å². The molecule has 1 rings (SSSR count). The maximum atomic E-state index is 12.1. The highest BCUT2D eigenvalue weighted by Crippen LogP contribution is 2.24. The quantitative estimate of drug-likeness (QED) is 0.864. The second kappa shape index (κ2) is 4.60. The lowest BCUT2D eigenvalue weighted by atomic mass is 10.1. The van der Waals surface area contributed by atoms with Crippen LogP contribution in [0.15, 0.2) is 18.2 Å². The SMILES string of the molecule is NC(Cc1cc(Cl)cc(Cl)c1)C(F)(F)F. The fraction of sp³-hybridized carbons (Fsp3) is 0.333. The molecule has 1 atom stereocenters. The van der Waals surface area contributed by atoms with Gasteiger partial charge < -0.3 is 5.73 Å². The normalized spacial score (nSPS) is 14.0. The average molecular weight is 258 g/mol. The lowest BCUT2D eigenvalue weighted by Gasteiger charge is -2.15. The summed E-state index contributed by atoms with van der Waals surface area (Å²) in [5.41, 5.74) is 5.34. The Labute approximate surface area is 95.0 Å². The number of halogens is 5. The molecular weight excluding hydrogens is 250 g/mol. The molecule has 0 saturated heterocycles. The molecule has 0 aliphatic heterocycles. The van der Waals surface area contributed by atoms with E-state index in [0.29, 0.717) is 15.6 Å². The van der Waals surface area contributed by atoms with E-state index in [9.17, 15) is 13.2 Å². The third-order valence-electron chi connectivity index (χ3n) is 1.80. The summed E-state index contributed by atoms with van der Waals surface area (Å²) < 4.78 is 36.4. The molecule has 1 aromatic carbocycles. The third-order valence-corrected chi connectivity index (χ3v) is 2.23. The van der Waals surface area contributed by atoms with Crippen LogP contribution in [0.4, 0.5) is 13.2 Å². The fourth-order valence-corrected chi connectivity index (χ4v) is 1.67. The molecule has 1 aromatic rings. The Morgan fingerprint density at radius 2 is 1.60 bits per heavy atom. The highest BCUT2D eigenvalue weighted by atomic mass is 35.5. The zero-order valence-electron chi connectivity index (χ0n) is 7.48. The van der Waals surface area contributed by atoms with Crippen molar-refractivity contribution in [3.05, 3.63) is 33.8 Å². The van der Waals surface area contributed by atoms with Crippen molar-refractivity contribution >= 4 is 23.2 Å². The second-order valence-electron chi connectivity index (χ2n) is 3.13. The maximum Gasteiger partial charge on any atom is 0.403 e. The van der Waals surface area contributed by atoms with Crippen molar-refractivity contribution in [1.29, 1.82) is 0 Å². The Kier molecular flexibility index (Phi) is 3.87. The maximum absolute atomic E-state index is 12.1. The summed E-state index contributed by atoms with van der Waals surface area (Å²) in [7, 11) is 0. The Bertz CT molecular complexity index is 331. The second-order valence-corrected chi connectivity index (χ2v) is 4.00. The van der Waals surface area contributed by atoms with Gasteiger partial charge in [0.2, 0.25) is 0 Å². The molecule has 0 bridgehead atoms. The van der Waals surface area contributed by atoms with Crippen molar-refractivity contribution in [3.8, 4) is 0 Å². The summed E-state index contributed by atoms with van der Waals surface area (Å²) in [6.07, 6.45) is -4.74. The molecule has 0 aliphatic carbocycles. The third kappa shape index (κ3) is 3.89. The number of rotatable bonds is 2. The van der Waals surface area contributed by atoms with E-state index in [4.69, 9.17) is 28.9 Å². The number of nitrogens with two attached hydrogens (primary N) is 1. The summed E-state index contributed by atoms with van der Waals surface area (Å²) in [6, 6.07) is 2.39. The predicted molar refractivity (Wildman–Crippen MR) is 54.2 cm³/mol. The van der Waals surface area contributed by atoms with Gasteiger partial charge in [0.05, 0.1) is 0 Å². The molecule has 0 fully saturated rings. The molecule has 0 heterocycles. The molecule has 0 radical (unpaired) electrons. The van der Waals surface area contributed by atoms with E-state index in [-0.39, 0.29) is 6.42 Å². The fourth-order valence-electron chi connectivity index (χ4n) is 1.10. The molecule has 6 heteroatoms. The Hall–Kier alpha value is -0.450. The van der Waals surface area contributed by atoms with Crippen LogP contribution >= 0.6 is 23.2 Å². The van der Waals surface area contributed by atoms with Gasteiger partial charge in [0.1, 0.15) is 6.04 Å². The standard InChI is InChI=1S/C9H8Cl2F3N/c10-6-1-5(2-7(11)4-6)3-8(15)9(12,13)14/h1-2,4,8H,3,15H2. The van der Waals surface area contributed by atoms with Gasteiger partial charge in [-0.25, -0.2) is 0 Å². The Morgan fingerprint density at radius 1 is 1.13 bits per heavy atom. The first kappa shape index (κ1) is 12.6. The van der Waals surface area contributed by atoms with Crippen molar-refractivity contribution in [2.45, 2.75) is 18.6 Å². The molecule has 0 saturated carbocycles. The summed E-state index contributed by atoms with van der Waals surface area (Å²) in [5.74, 6) is 0. The minimum absolute atomic E-state index is 0.298. The molecule has 2 N–H and O–H groups in total. The van der Waals surface area contributed by atoms with Crippen LogP contribution in [-0.4, -0.2) is 12.2 Å². The predicted octanol–water partition coefficient (Wildman–Crippen LogP) is 3.43. The number of hydrogen-bond donors (Lipinski definition) is 1. The zero-order valence-corrected chi connectivity index (χ0v) is 9.00. The van der Waals surface area contributed by atoms with Crippen molar-refractivity contribution in [3.63, 3.8) is 0 Å². The van der Waals surface area contributed by atoms with Crippen LogP contribution in [0.3, 0.4) is 0 Å². The first-order chi connectivity index (χ1) is 6.79.